The van der Waals surface area contributed by atoms with E-state index in [9.17, 15) is 0 Å². The van der Waals surface area contributed by atoms with Gasteiger partial charge in [-0.2, -0.15) is 0 Å². The Balaban J connectivity index is 2.02. The van der Waals surface area contributed by atoms with Crippen molar-refractivity contribution in [2.75, 3.05) is 13.2 Å². The number of nitrogens with zero attached hydrogens (tertiary/aromatic N) is 3. The minimum Gasteiger partial charge on any atom is -0.424 e. The molecule has 2 atom stereocenters. The molecule has 0 aromatic carbocycles. The lowest BCUT2D eigenvalue weighted by Gasteiger charge is -2.55. The summed E-state index contributed by atoms with van der Waals surface area (Å²) in [6, 6.07) is 0.519. The molecule has 5 nitrogen and oxygen atoms in total. The Hall–Kier alpha value is -0.940. The third kappa shape index (κ3) is 3.46. The van der Waals surface area contributed by atoms with Gasteiger partial charge in [0.1, 0.15) is 0 Å². The fraction of sp³-hybridized carbons (Fsp3) is 0.875. The molecule has 1 fully saturated rings. The zero-order valence-electron chi connectivity index (χ0n) is 14.1. The zero-order chi connectivity index (χ0) is 15.5. The van der Waals surface area contributed by atoms with Crippen molar-refractivity contribution >= 4 is 0 Å². The minimum atomic E-state index is 0.179. The Morgan fingerprint density at radius 3 is 2.48 bits per heavy atom. The number of hydrogen-bond donors (Lipinski definition) is 0. The van der Waals surface area contributed by atoms with Crippen LogP contribution in [-0.2, 0) is 17.7 Å². The molecule has 1 aliphatic rings. The molecule has 2 rings (SSSR count). The molecular weight excluding hydrogens is 266 g/mol. The van der Waals surface area contributed by atoms with Crippen LogP contribution in [0.4, 0.5) is 0 Å². The maximum Gasteiger partial charge on any atom is 0.230 e. The normalized spacial score (nSPS) is 24.3. The first-order valence-electron chi connectivity index (χ1n) is 8.19. The fourth-order valence-corrected chi connectivity index (χ4v) is 3.27. The quantitative estimate of drug-likeness (QED) is 0.738. The average Bonchev–Trinajstić information content (AvgIpc) is 2.90. The van der Waals surface area contributed by atoms with Crippen molar-refractivity contribution in [3.05, 3.63) is 11.8 Å². The van der Waals surface area contributed by atoms with Crippen molar-refractivity contribution in [2.45, 2.75) is 72.6 Å². The van der Waals surface area contributed by atoms with Crippen molar-refractivity contribution in [1.29, 1.82) is 0 Å². The highest BCUT2D eigenvalue weighted by molar-refractivity contribution is 5.04. The monoisotopic (exact) mass is 295 g/mol. The van der Waals surface area contributed by atoms with Crippen molar-refractivity contribution in [3.63, 3.8) is 0 Å². The van der Waals surface area contributed by atoms with Crippen LogP contribution in [-0.4, -0.2) is 40.4 Å². The van der Waals surface area contributed by atoms with Gasteiger partial charge in [0.05, 0.1) is 12.6 Å². The van der Waals surface area contributed by atoms with Gasteiger partial charge in [0.2, 0.25) is 11.8 Å². The molecule has 0 saturated heterocycles. The smallest absolute Gasteiger partial charge is 0.230 e. The van der Waals surface area contributed by atoms with Crippen LogP contribution in [0.5, 0.6) is 0 Å². The highest BCUT2D eigenvalue weighted by Crippen LogP contribution is 2.46. The first-order valence-corrected chi connectivity index (χ1v) is 8.19. The topological polar surface area (TPSA) is 51.4 Å². The summed E-state index contributed by atoms with van der Waals surface area (Å²) >= 11 is 0. The number of hydrogen-bond acceptors (Lipinski definition) is 5. The summed E-state index contributed by atoms with van der Waals surface area (Å²) in [5, 5.41) is 8.23. The lowest BCUT2D eigenvalue weighted by molar-refractivity contribution is -0.152. The largest absolute Gasteiger partial charge is 0.424 e. The van der Waals surface area contributed by atoms with E-state index in [0.29, 0.717) is 12.1 Å². The Labute approximate surface area is 128 Å². The highest BCUT2D eigenvalue weighted by Gasteiger charge is 2.51. The third-order valence-corrected chi connectivity index (χ3v) is 4.59. The molecule has 0 N–H and O–H groups in total. The minimum absolute atomic E-state index is 0.179. The van der Waals surface area contributed by atoms with Crippen LogP contribution in [0, 0.1) is 5.41 Å². The van der Waals surface area contributed by atoms with E-state index in [1.54, 1.807) is 0 Å². The van der Waals surface area contributed by atoms with E-state index in [0.717, 1.165) is 50.7 Å². The van der Waals surface area contributed by atoms with E-state index in [1.165, 1.54) is 0 Å². The Kier molecular flexibility index (Phi) is 5.38. The second kappa shape index (κ2) is 6.88. The molecule has 0 bridgehead atoms. The summed E-state index contributed by atoms with van der Waals surface area (Å²) in [7, 11) is 0. The summed E-state index contributed by atoms with van der Waals surface area (Å²) in [4.78, 5) is 2.47. The van der Waals surface area contributed by atoms with Crippen LogP contribution in [0.3, 0.4) is 0 Å². The van der Waals surface area contributed by atoms with Gasteiger partial charge >= 0.3 is 0 Å². The summed E-state index contributed by atoms with van der Waals surface area (Å²) in [6.07, 6.45) is 3.37. The molecule has 1 saturated carbocycles. The lowest BCUT2D eigenvalue weighted by Crippen LogP contribution is -2.62. The van der Waals surface area contributed by atoms with Crippen molar-refractivity contribution in [1.82, 2.24) is 15.1 Å². The first-order chi connectivity index (χ1) is 10.0. The Morgan fingerprint density at radius 1 is 1.24 bits per heavy atom. The first kappa shape index (κ1) is 16.4. The average molecular weight is 295 g/mol. The molecule has 0 spiro atoms. The van der Waals surface area contributed by atoms with E-state index in [1.807, 2.05) is 6.92 Å². The van der Waals surface area contributed by atoms with E-state index >= 15 is 0 Å². The van der Waals surface area contributed by atoms with Crippen LogP contribution in [0.25, 0.3) is 0 Å². The number of aryl methyl sites for hydroxylation is 1. The molecular formula is C16H29N3O2. The van der Waals surface area contributed by atoms with Crippen LogP contribution in [0.1, 0.15) is 59.2 Å². The molecule has 1 aromatic rings. The number of aromatic nitrogens is 2. The molecule has 1 aliphatic carbocycles. The van der Waals surface area contributed by atoms with E-state index in [4.69, 9.17) is 9.15 Å². The van der Waals surface area contributed by atoms with Crippen molar-refractivity contribution in [3.8, 4) is 0 Å². The third-order valence-electron chi connectivity index (χ3n) is 4.59. The molecule has 0 unspecified atom stereocenters. The molecule has 5 heteroatoms. The van der Waals surface area contributed by atoms with E-state index < -0.39 is 0 Å². The Morgan fingerprint density at radius 2 is 1.95 bits per heavy atom. The predicted octanol–water partition coefficient (Wildman–Crippen LogP) is 3.05. The van der Waals surface area contributed by atoms with Crippen LogP contribution in [0.2, 0.25) is 0 Å². The second-order valence-corrected chi connectivity index (χ2v) is 6.43. The van der Waals surface area contributed by atoms with E-state index in [-0.39, 0.29) is 5.41 Å². The van der Waals surface area contributed by atoms with Gasteiger partial charge in [-0.25, -0.2) is 0 Å². The summed E-state index contributed by atoms with van der Waals surface area (Å²) in [5.74, 6) is 1.46. The van der Waals surface area contributed by atoms with Crippen molar-refractivity contribution in [2.24, 2.45) is 5.41 Å². The fourth-order valence-electron chi connectivity index (χ4n) is 3.27. The molecule has 1 heterocycles. The molecule has 0 amide bonds. The van der Waals surface area contributed by atoms with Gasteiger partial charge in [-0.05, 0) is 26.3 Å². The summed E-state index contributed by atoms with van der Waals surface area (Å²) in [6.45, 7) is 13.5. The highest BCUT2D eigenvalue weighted by atomic mass is 16.5. The zero-order valence-corrected chi connectivity index (χ0v) is 14.1. The molecule has 0 aliphatic heterocycles. The molecule has 120 valence electrons. The van der Waals surface area contributed by atoms with Gasteiger partial charge < -0.3 is 9.15 Å². The second-order valence-electron chi connectivity index (χ2n) is 6.43. The van der Waals surface area contributed by atoms with Crippen LogP contribution in [0.15, 0.2) is 4.42 Å². The predicted molar refractivity (Wildman–Crippen MR) is 82.0 cm³/mol. The summed E-state index contributed by atoms with van der Waals surface area (Å²) < 4.78 is 11.5. The molecule has 0 radical (unpaired) electrons. The molecule has 1 aromatic heterocycles. The molecule has 21 heavy (non-hydrogen) atoms. The van der Waals surface area contributed by atoms with Crippen LogP contribution < -0.4 is 0 Å². The van der Waals surface area contributed by atoms with E-state index in [2.05, 4.69) is 42.8 Å². The van der Waals surface area contributed by atoms with Gasteiger partial charge in [0.15, 0.2) is 0 Å². The number of ether oxygens (including phenoxy) is 1. The van der Waals surface area contributed by atoms with Crippen LogP contribution >= 0.6 is 0 Å². The van der Waals surface area contributed by atoms with Gasteiger partial charge in [0, 0.05) is 24.5 Å². The lowest BCUT2D eigenvalue weighted by atomic mass is 9.63. The maximum atomic E-state index is 5.85. The van der Waals surface area contributed by atoms with Gasteiger partial charge in [0.25, 0.3) is 0 Å². The summed E-state index contributed by atoms with van der Waals surface area (Å²) in [5.41, 5.74) is 0.179. The number of rotatable bonds is 8. The standard InChI is InChI=1S/C16H29N3O2/c1-6-9-19(11-15-18-17-14(7-2)21-15)12-10-13(20-8-3)16(12,4)5/h12-13H,6-11H2,1-5H3/t12-,13-/m1/s1. The maximum absolute atomic E-state index is 5.85. The van der Waals surface area contributed by atoms with Gasteiger partial charge in [-0.3, -0.25) is 4.90 Å². The SMILES string of the molecule is CCCN(Cc1nnc(CC)o1)[C@@H]1C[C@@H](OCC)C1(C)C. The van der Waals surface area contributed by atoms with Gasteiger partial charge in [-0.15, -0.1) is 10.2 Å². The Bertz CT molecular complexity index is 444. The van der Waals surface area contributed by atoms with Crippen molar-refractivity contribution < 1.29 is 9.15 Å². The van der Waals surface area contributed by atoms with Gasteiger partial charge in [-0.1, -0.05) is 27.7 Å².